The quantitative estimate of drug-likeness (QED) is 0.815. The highest BCUT2D eigenvalue weighted by Gasteiger charge is 2.18. The Morgan fingerprint density at radius 2 is 2.28 bits per heavy atom. The minimum atomic E-state index is -0.587. The Hall–Kier alpha value is -1.69. The summed E-state index contributed by atoms with van der Waals surface area (Å²) in [5.41, 5.74) is 1.81. The van der Waals surface area contributed by atoms with Crippen molar-refractivity contribution in [3.63, 3.8) is 0 Å². The first-order valence-electron chi connectivity index (χ1n) is 5.39. The topological polar surface area (TPSA) is 65.2 Å². The predicted octanol–water partition coefficient (Wildman–Crippen LogP) is 2.98. The number of carbonyl (C=O) groups is 1. The Kier molecular flexibility index (Phi) is 3.76. The van der Waals surface area contributed by atoms with E-state index in [0.717, 1.165) is 15.6 Å². The zero-order valence-electron chi connectivity index (χ0n) is 9.94. The van der Waals surface area contributed by atoms with Gasteiger partial charge in [0.15, 0.2) is 0 Å². The van der Waals surface area contributed by atoms with Gasteiger partial charge in [-0.2, -0.15) is 4.98 Å². The van der Waals surface area contributed by atoms with E-state index in [1.165, 1.54) is 0 Å². The zero-order chi connectivity index (χ0) is 13.1. The first-order valence-corrected chi connectivity index (χ1v) is 6.18. The molecule has 1 heterocycles. The molecule has 0 saturated heterocycles. The second kappa shape index (κ2) is 5.30. The van der Waals surface area contributed by atoms with Crippen LogP contribution in [0, 0.1) is 6.92 Å². The molecule has 1 aromatic heterocycles. The molecule has 1 aromatic carbocycles. The van der Waals surface area contributed by atoms with Gasteiger partial charge in [-0.25, -0.2) is 4.79 Å². The van der Waals surface area contributed by atoms with E-state index in [0.29, 0.717) is 0 Å². The lowest BCUT2D eigenvalue weighted by Gasteiger charge is -1.99. The molecule has 0 bridgehead atoms. The van der Waals surface area contributed by atoms with Crippen molar-refractivity contribution in [2.75, 3.05) is 6.61 Å². The lowest BCUT2D eigenvalue weighted by Crippen LogP contribution is -2.06. The molecule has 2 aromatic rings. The van der Waals surface area contributed by atoms with Crippen LogP contribution in [0.2, 0.25) is 0 Å². The third-order valence-electron chi connectivity index (χ3n) is 2.24. The number of halogens is 1. The molecule has 2 rings (SSSR count). The number of hydrogen-bond acceptors (Lipinski definition) is 5. The standard InChI is InChI=1S/C12H11BrN2O3/c1-3-17-12(16)10-14-11(18-15-10)8-6-7(2)4-5-9(8)13/h4-6H,3H2,1-2H3. The van der Waals surface area contributed by atoms with E-state index in [1.54, 1.807) is 6.92 Å². The van der Waals surface area contributed by atoms with Gasteiger partial charge in [-0.05, 0) is 47.1 Å². The smallest absolute Gasteiger partial charge is 0.379 e. The minimum Gasteiger partial charge on any atom is -0.460 e. The molecule has 0 aliphatic rings. The maximum absolute atomic E-state index is 11.4. The normalized spacial score (nSPS) is 10.4. The van der Waals surface area contributed by atoms with E-state index in [4.69, 9.17) is 9.26 Å². The van der Waals surface area contributed by atoms with Crippen molar-refractivity contribution in [3.05, 3.63) is 34.1 Å². The Labute approximate surface area is 112 Å². The van der Waals surface area contributed by atoms with Gasteiger partial charge in [-0.3, -0.25) is 0 Å². The van der Waals surface area contributed by atoms with Gasteiger partial charge in [0.05, 0.1) is 12.2 Å². The third kappa shape index (κ3) is 2.59. The summed E-state index contributed by atoms with van der Waals surface area (Å²) >= 11 is 3.40. The van der Waals surface area contributed by atoms with Crippen molar-refractivity contribution in [2.24, 2.45) is 0 Å². The summed E-state index contributed by atoms with van der Waals surface area (Å²) < 4.78 is 10.7. The summed E-state index contributed by atoms with van der Waals surface area (Å²) in [5, 5.41) is 3.60. The van der Waals surface area contributed by atoms with E-state index in [-0.39, 0.29) is 18.3 Å². The Morgan fingerprint density at radius 1 is 1.50 bits per heavy atom. The van der Waals surface area contributed by atoms with Crippen molar-refractivity contribution in [2.45, 2.75) is 13.8 Å². The average molecular weight is 311 g/mol. The van der Waals surface area contributed by atoms with Gasteiger partial charge in [0, 0.05) is 4.47 Å². The number of hydrogen-bond donors (Lipinski definition) is 0. The molecule has 0 fully saturated rings. The van der Waals surface area contributed by atoms with Gasteiger partial charge in [0.2, 0.25) is 0 Å². The maximum Gasteiger partial charge on any atom is 0.379 e. The number of aromatic nitrogens is 2. The number of carbonyl (C=O) groups excluding carboxylic acids is 1. The van der Waals surface area contributed by atoms with Gasteiger partial charge >= 0.3 is 5.97 Å². The largest absolute Gasteiger partial charge is 0.460 e. The molecule has 0 radical (unpaired) electrons. The average Bonchev–Trinajstić information content (AvgIpc) is 2.82. The van der Waals surface area contributed by atoms with E-state index >= 15 is 0 Å². The first-order chi connectivity index (χ1) is 8.61. The molecule has 0 aliphatic heterocycles. The van der Waals surface area contributed by atoms with Crippen molar-refractivity contribution in [3.8, 4) is 11.5 Å². The molecule has 0 saturated carbocycles. The fraction of sp³-hybridized carbons (Fsp3) is 0.250. The van der Waals surface area contributed by atoms with Gasteiger partial charge in [0.25, 0.3) is 11.7 Å². The first kappa shape index (κ1) is 12.8. The van der Waals surface area contributed by atoms with Gasteiger partial charge in [-0.1, -0.05) is 11.6 Å². The SMILES string of the molecule is CCOC(=O)c1noc(-c2cc(C)ccc2Br)n1. The number of rotatable bonds is 3. The van der Waals surface area contributed by atoms with Crippen molar-refractivity contribution >= 4 is 21.9 Å². The van der Waals surface area contributed by atoms with Crippen LogP contribution in [0.15, 0.2) is 27.2 Å². The fourth-order valence-corrected chi connectivity index (χ4v) is 1.83. The number of ether oxygens (including phenoxy) is 1. The fourth-order valence-electron chi connectivity index (χ4n) is 1.41. The van der Waals surface area contributed by atoms with Crippen LogP contribution in [-0.2, 0) is 4.74 Å². The van der Waals surface area contributed by atoms with Crippen molar-refractivity contribution < 1.29 is 14.1 Å². The molecule has 0 spiro atoms. The molecule has 5 nitrogen and oxygen atoms in total. The number of benzene rings is 1. The predicted molar refractivity (Wildman–Crippen MR) is 68.1 cm³/mol. The van der Waals surface area contributed by atoms with Crippen LogP contribution in [0.3, 0.4) is 0 Å². The minimum absolute atomic E-state index is 0.0692. The van der Waals surface area contributed by atoms with Crippen LogP contribution in [-0.4, -0.2) is 22.7 Å². The molecular weight excluding hydrogens is 300 g/mol. The molecule has 0 aliphatic carbocycles. The molecule has 0 unspecified atom stereocenters. The molecular formula is C12H11BrN2O3. The lowest BCUT2D eigenvalue weighted by atomic mass is 10.1. The van der Waals surface area contributed by atoms with Gasteiger partial charge in [-0.15, -0.1) is 0 Å². The number of esters is 1. The highest BCUT2D eigenvalue weighted by molar-refractivity contribution is 9.10. The highest BCUT2D eigenvalue weighted by Crippen LogP contribution is 2.27. The Morgan fingerprint density at radius 3 is 3.00 bits per heavy atom. The summed E-state index contributed by atoms with van der Waals surface area (Å²) in [6, 6.07) is 5.74. The molecule has 6 heteroatoms. The van der Waals surface area contributed by atoms with E-state index < -0.39 is 5.97 Å². The van der Waals surface area contributed by atoms with Crippen LogP contribution in [0.1, 0.15) is 23.1 Å². The van der Waals surface area contributed by atoms with E-state index in [1.807, 2.05) is 25.1 Å². The second-order valence-electron chi connectivity index (χ2n) is 3.63. The lowest BCUT2D eigenvalue weighted by molar-refractivity contribution is 0.0508. The summed E-state index contributed by atoms with van der Waals surface area (Å²) in [7, 11) is 0. The van der Waals surface area contributed by atoms with Crippen LogP contribution < -0.4 is 0 Å². The third-order valence-corrected chi connectivity index (χ3v) is 2.93. The summed E-state index contributed by atoms with van der Waals surface area (Å²) in [6.07, 6.45) is 0. The summed E-state index contributed by atoms with van der Waals surface area (Å²) in [6.45, 7) is 3.95. The second-order valence-corrected chi connectivity index (χ2v) is 4.48. The van der Waals surface area contributed by atoms with Crippen molar-refractivity contribution in [1.29, 1.82) is 0 Å². The van der Waals surface area contributed by atoms with E-state index in [2.05, 4.69) is 26.1 Å². The monoisotopic (exact) mass is 310 g/mol. The zero-order valence-corrected chi connectivity index (χ0v) is 11.5. The van der Waals surface area contributed by atoms with Crippen molar-refractivity contribution in [1.82, 2.24) is 10.1 Å². The summed E-state index contributed by atoms with van der Waals surface area (Å²) in [5.74, 6) is -0.370. The Balaban J connectivity index is 2.35. The van der Waals surface area contributed by atoms with Crippen LogP contribution in [0.25, 0.3) is 11.5 Å². The molecule has 18 heavy (non-hydrogen) atoms. The van der Waals surface area contributed by atoms with E-state index in [9.17, 15) is 4.79 Å². The Bertz CT molecular complexity index is 580. The molecule has 94 valence electrons. The molecule has 0 atom stereocenters. The molecule has 0 N–H and O–H groups in total. The van der Waals surface area contributed by atoms with Crippen LogP contribution in [0.5, 0.6) is 0 Å². The van der Waals surface area contributed by atoms with Crippen LogP contribution in [0.4, 0.5) is 0 Å². The van der Waals surface area contributed by atoms with Gasteiger partial charge in [0.1, 0.15) is 0 Å². The van der Waals surface area contributed by atoms with Gasteiger partial charge < -0.3 is 9.26 Å². The van der Waals surface area contributed by atoms with Crippen LogP contribution >= 0.6 is 15.9 Å². The highest BCUT2D eigenvalue weighted by atomic mass is 79.9. The summed E-state index contributed by atoms with van der Waals surface area (Å²) in [4.78, 5) is 15.4. The molecule has 0 amide bonds. The maximum atomic E-state index is 11.4. The number of aryl methyl sites for hydroxylation is 1. The number of nitrogens with zero attached hydrogens (tertiary/aromatic N) is 2.